The number of ketones is 2. The Bertz CT molecular complexity index is 253. The Morgan fingerprint density at radius 3 is 2.53 bits per heavy atom. The predicted molar refractivity (Wildman–Crippen MR) is 60.7 cm³/mol. The molecule has 0 heterocycles. The highest BCUT2D eigenvalue weighted by Gasteiger charge is 2.43. The topological polar surface area (TPSA) is 34.1 Å². The monoisotopic (exact) mass is 210 g/mol. The smallest absolute Gasteiger partial charge is 0.148 e. The van der Waals surface area contributed by atoms with Gasteiger partial charge in [-0.1, -0.05) is 33.6 Å². The van der Waals surface area contributed by atoms with Gasteiger partial charge in [-0.2, -0.15) is 0 Å². The zero-order valence-electron chi connectivity index (χ0n) is 10.1. The molecule has 0 aromatic rings. The SMILES string of the molecule is CCCCCC(=O)C1CCC(C)(C)C1=O. The van der Waals surface area contributed by atoms with Crippen molar-refractivity contribution in [1.82, 2.24) is 0 Å². The second-order valence-electron chi connectivity index (χ2n) is 5.26. The Kier molecular flexibility index (Phi) is 4.06. The van der Waals surface area contributed by atoms with Crippen LogP contribution in [0, 0.1) is 11.3 Å². The molecule has 0 spiro atoms. The first kappa shape index (κ1) is 12.4. The highest BCUT2D eigenvalue weighted by atomic mass is 16.2. The van der Waals surface area contributed by atoms with E-state index in [9.17, 15) is 9.59 Å². The minimum atomic E-state index is -0.281. The average molecular weight is 210 g/mol. The lowest BCUT2D eigenvalue weighted by molar-refractivity contribution is -0.134. The van der Waals surface area contributed by atoms with E-state index in [1.807, 2.05) is 13.8 Å². The van der Waals surface area contributed by atoms with E-state index in [1.54, 1.807) is 0 Å². The van der Waals surface area contributed by atoms with Gasteiger partial charge in [-0.25, -0.2) is 0 Å². The van der Waals surface area contributed by atoms with E-state index in [0.29, 0.717) is 6.42 Å². The second-order valence-corrected chi connectivity index (χ2v) is 5.26. The number of Topliss-reactive ketones (excluding diaryl/α,β-unsaturated/α-hetero) is 2. The first-order chi connectivity index (χ1) is 6.99. The van der Waals surface area contributed by atoms with Crippen LogP contribution in [0.3, 0.4) is 0 Å². The van der Waals surface area contributed by atoms with Gasteiger partial charge >= 0.3 is 0 Å². The molecule has 2 heteroatoms. The van der Waals surface area contributed by atoms with Crippen LogP contribution in [0.1, 0.15) is 59.3 Å². The minimum absolute atomic E-state index is 0.170. The molecule has 0 saturated heterocycles. The van der Waals surface area contributed by atoms with Crippen LogP contribution in [-0.2, 0) is 9.59 Å². The van der Waals surface area contributed by atoms with Gasteiger partial charge in [0, 0.05) is 11.8 Å². The maximum atomic E-state index is 11.9. The number of rotatable bonds is 5. The lowest BCUT2D eigenvalue weighted by atomic mass is 9.87. The van der Waals surface area contributed by atoms with E-state index < -0.39 is 0 Å². The zero-order valence-corrected chi connectivity index (χ0v) is 10.1. The number of carbonyl (C=O) groups is 2. The fourth-order valence-corrected chi connectivity index (χ4v) is 2.26. The molecule has 1 unspecified atom stereocenters. The molecule has 0 amide bonds. The molecular weight excluding hydrogens is 188 g/mol. The summed E-state index contributed by atoms with van der Waals surface area (Å²) in [6.45, 7) is 6.03. The maximum absolute atomic E-state index is 11.9. The third-order valence-corrected chi connectivity index (χ3v) is 3.46. The summed E-state index contributed by atoms with van der Waals surface area (Å²) in [7, 11) is 0. The van der Waals surface area contributed by atoms with Gasteiger partial charge in [-0.05, 0) is 19.3 Å². The van der Waals surface area contributed by atoms with Crippen molar-refractivity contribution in [1.29, 1.82) is 0 Å². The summed E-state index contributed by atoms with van der Waals surface area (Å²) < 4.78 is 0. The zero-order chi connectivity index (χ0) is 11.5. The summed E-state index contributed by atoms with van der Waals surface area (Å²) in [5.41, 5.74) is -0.259. The summed E-state index contributed by atoms with van der Waals surface area (Å²) in [6.07, 6.45) is 5.40. The van der Waals surface area contributed by atoms with Crippen LogP contribution in [0.2, 0.25) is 0 Å². The van der Waals surface area contributed by atoms with E-state index in [0.717, 1.165) is 32.1 Å². The fourth-order valence-electron chi connectivity index (χ4n) is 2.26. The first-order valence-electron chi connectivity index (χ1n) is 6.06. The van der Waals surface area contributed by atoms with E-state index >= 15 is 0 Å². The number of hydrogen-bond donors (Lipinski definition) is 0. The quantitative estimate of drug-likeness (QED) is 0.516. The predicted octanol–water partition coefficient (Wildman–Crippen LogP) is 3.14. The Hall–Kier alpha value is -0.660. The summed E-state index contributed by atoms with van der Waals surface area (Å²) in [5.74, 6) is 0.0693. The Balaban J connectivity index is 2.45. The van der Waals surface area contributed by atoms with Crippen molar-refractivity contribution < 1.29 is 9.59 Å². The normalized spacial score (nSPS) is 24.5. The molecule has 0 aliphatic heterocycles. The maximum Gasteiger partial charge on any atom is 0.148 e. The minimum Gasteiger partial charge on any atom is -0.299 e. The van der Waals surface area contributed by atoms with Gasteiger partial charge in [0.15, 0.2) is 0 Å². The van der Waals surface area contributed by atoms with Gasteiger partial charge in [-0.15, -0.1) is 0 Å². The van der Waals surface area contributed by atoms with E-state index in [1.165, 1.54) is 0 Å². The summed E-state index contributed by atoms with van der Waals surface area (Å²) in [6, 6.07) is 0. The van der Waals surface area contributed by atoms with Crippen molar-refractivity contribution >= 4 is 11.6 Å². The molecule has 15 heavy (non-hydrogen) atoms. The van der Waals surface area contributed by atoms with Crippen LogP contribution < -0.4 is 0 Å². The molecule has 0 radical (unpaired) electrons. The van der Waals surface area contributed by atoms with Crippen molar-refractivity contribution in [3.63, 3.8) is 0 Å². The Morgan fingerprint density at radius 2 is 2.07 bits per heavy atom. The van der Waals surface area contributed by atoms with Crippen molar-refractivity contribution in [3.05, 3.63) is 0 Å². The van der Waals surface area contributed by atoms with Crippen molar-refractivity contribution in [2.24, 2.45) is 11.3 Å². The number of hydrogen-bond acceptors (Lipinski definition) is 2. The van der Waals surface area contributed by atoms with E-state index in [-0.39, 0.29) is 22.9 Å². The molecule has 0 N–H and O–H groups in total. The highest BCUT2D eigenvalue weighted by Crippen LogP contribution is 2.38. The molecular formula is C13H22O2. The van der Waals surface area contributed by atoms with Crippen molar-refractivity contribution in [2.45, 2.75) is 59.3 Å². The molecule has 86 valence electrons. The van der Waals surface area contributed by atoms with E-state index in [2.05, 4.69) is 6.92 Å². The first-order valence-corrected chi connectivity index (χ1v) is 6.06. The summed E-state index contributed by atoms with van der Waals surface area (Å²) in [5, 5.41) is 0. The van der Waals surface area contributed by atoms with Crippen molar-refractivity contribution in [3.8, 4) is 0 Å². The Morgan fingerprint density at radius 1 is 1.40 bits per heavy atom. The van der Waals surface area contributed by atoms with Crippen LogP contribution in [0.25, 0.3) is 0 Å². The molecule has 1 aliphatic carbocycles. The van der Waals surface area contributed by atoms with Crippen LogP contribution in [0.15, 0.2) is 0 Å². The van der Waals surface area contributed by atoms with Crippen molar-refractivity contribution in [2.75, 3.05) is 0 Å². The Labute approximate surface area is 92.4 Å². The molecule has 1 atom stereocenters. The third kappa shape index (κ3) is 2.90. The van der Waals surface area contributed by atoms with Crippen LogP contribution >= 0.6 is 0 Å². The second kappa shape index (κ2) is 4.91. The molecule has 0 bridgehead atoms. The fraction of sp³-hybridized carbons (Fsp3) is 0.846. The standard InChI is InChI=1S/C13H22O2/c1-4-5-6-7-11(14)10-8-9-13(2,3)12(10)15/h10H,4-9H2,1-3H3. The van der Waals surface area contributed by atoms with Gasteiger partial charge in [0.25, 0.3) is 0 Å². The van der Waals surface area contributed by atoms with Gasteiger partial charge in [-0.3, -0.25) is 9.59 Å². The lowest BCUT2D eigenvalue weighted by Gasteiger charge is -2.15. The van der Waals surface area contributed by atoms with Gasteiger partial charge in [0.1, 0.15) is 11.6 Å². The molecule has 0 aromatic carbocycles. The number of unbranched alkanes of at least 4 members (excludes halogenated alkanes) is 2. The highest BCUT2D eigenvalue weighted by molar-refractivity contribution is 6.06. The molecule has 0 aromatic heterocycles. The molecule has 1 fully saturated rings. The van der Waals surface area contributed by atoms with Gasteiger partial charge < -0.3 is 0 Å². The largest absolute Gasteiger partial charge is 0.299 e. The summed E-state index contributed by atoms with van der Waals surface area (Å²) >= 11 is 0. The third-order valence-electron chi connectivity index (χ3n) is 3.46. The van der Waals surface area contributed by atoms with Gasteiger partial charge in [0.2, 0.25) is 0 Å². The molecule has 1 aliphatic rings. The lowest BCUT2D eigenvalue weighted by Crippen LogP contribution is -2.26. The van der Waals surface area contributed by atoms with E-state index in [4.69, 9.17) is 0 Å². The van der Waals surface area contributed by atoms with Crippen LogP contribution in [-0.4, -0.2) is 11.6 Å². The van der Waals surface area contributed by atoms with Crippen LogP contribution in [0.5, 0.6) is 0 Å². The molecule has 2 nitrogen and oxygen atoms in total. The molecule has 1 rings (SSSR count). The molecule has 1 saturated carbocycles. The van der Waals surface area contributed by atoms with Crippen LogP contribution in [0.4, 0.5) is 0 Å². The summed E-state index contributed by atoms with van der Waals surface area (Å²) in [4.78, 5) is 23.7. The van der Waals surface area contributed by atoms with Gasteiger partial charge in [0.05, 0.1) is 5.92 Å². The average Bonchev–Trinajstić information content (AvgIpc) is 2.43. The number of carbonyl (C=O) groups excluding carboxylic acids is 2.